The summed E-state index contributed by atoms with van der Waals surface area (Å²) < 4.78 is 6.29. The number of benzene rings is 12. The molecule has 12 aromatic carbocycles. The topological polar surface area (TPSA) is 16.4 Å². The summed E-state index contributed by atoms with van der Waals surface area (Å²) in [6.07, 6.45) is 0. The molecular weight excluding hydrogens is 799 g/mol. The number of nitrogens with zero attached hydrogens (tertiary/aromatic N) is 1. The summed E-state index contributed by atoms with van der Waals surface area (Å²) in [5.74, 6) is 0. The molecular formula is C64H41NO. The third-order valence-electron chi connectivity index (χ3n) is 13.5. The predicted octanol–water partition coefficient (Wildman–Crippen LogP) is 18.3. The molecule has 0 amide bonds. The van der Waals surface area contributed by atoms with Crippen molar-refractivity contribution in [3.05, 3.63) is 249 Å². The Morgan fingerprint density at radius 2 is 0.727 bits per heavy atom. The van der Waals surface area contributed by atoms with Crippen LogP contribution in [-0.4, -0.2) is 0 Å². The van der Waals surface area contributed by atoms with Gasteiger partial charge in [-0.05, 0) is 131 Å². The molecule has 0 saturated heterocycles. The van der Waals surface area contributed by atoms with E-state index >= 15 is 0 Å². The van der Waals surface area contributed by atoms with Crippen molar-refractivity contribution in [2.24, 2.45) is 0 Å². The molecule has 0 spiro atoms. The van der Waals surface area contributed by atoms with Crippen LogP contribution in [0.4, 0.5) is 17.1 Å². The summed E-state index contributed by atoms with van der Waals surface area (Å²) in [5.41, 5.74) is 14.4. The lowest BCUT2D eigenvalue weighted by Crippen LogP contribution is -2.11. The number of hydrogen-bond donors (Lipinski definition) is 0. The Bertz CT molecular complexity index is 3970. The van der Waals surface area contributed by atoms with Crippen molar-refractivity contribution in [2.75, 3.05) is 4.90 Å². The highest BCUT2D eigenvalue weighted by atomic mass is 16.3. The third kappa shape index (κ3) is 6.34. The van der Waals surface area contributed by atoms with Gasteiger partial charge in [0.15, 0.2) is 0 Å². The molecule has 0 aliphatic carbocycles. The van der Waals surface area contributed by atoms with Gasteiger partial charge in [0, 0.05) is 27.7 Å². The zero-order valence-electron chi connectivity index (χ0n) is 36.0. The smallest absolute Gasteiger partial charge is 0.136 e. The molecule has 66 heavy (non-hydrogen) atoms. The minimum atomic E-state index is 0.896. The summed E-state index contributed by atoms with van der Waals surface area (Å²) in [7, 11) is 0. The Kier molecular flexibility index (Phi) is 8.89. The maximum absolute atomic E-state index is 6.29. The van der Waals surface area contributed by atoms with Crippen molar-refractivity contribution in [3.8, 4) is 44.5 Å². The molecule has 0 radical (unpaired) electrons. The first-order chi connectivity index (χ1) is 32.7. The van der Waals surface area contributed by atoms with Gasteiger partial charge < -0.3 is 9.32 Å². The van der Waals surface area contributed by atoms with Crippen LogP contribution in [0, 0.1) is 0 Å². The summed E-state index contributed by atoms with van der Waals surface area (Å²) in [5, 5.41) is 12.4. The van der Waals surface area contributed by atoms with Gasteiger partial charge in [0.05, 0.1) is 5.69 Å². The van der Waals surface area contributed by atoms with E-state index in [0.29, 0.717) is 0 Å². The van der Waals surface area contributed by atoms with Gasteiger partial charge in [-0.1, -0.05) is 200 Å². The van der Waals surface area contributed by atoms with Crippen molar-refractivity contribution < 1.29 is 4.42 Å². The second-order valence-electron chi connectivity index (χ2n) is 17.2. The lowest BCUT2D eigenvalue weighted by atomic mass is 9.93. The number of para-hydroxylation sites is 2. The average Bonchev–Trinajstić information content (AvgIpc) is 3.78. The fraction of sp³-hybridized carbons (Fsp3) is 0. The summed E-state index contributed by atoms with van der Waals surface area (Å²) in [4.78, 5) is 2.40. The van der Waals surface area contributed by atoms with E-state index in [1.165, 1.54) is 65.3 Å². The maximum Gasteiger partial charge on any atom is 0.136 e. The molecule has 13 rings (SSSR count). The van der Waals surface area contributed by atoms with Crippen LogP contribution < -0.4 is 4.90 Å². The second-order valence-corrected chi connectivity index (χ2v) is 17.2. The Morgan fingerprint density at radius 1 is 0.258 bits per heavy atom. The third-order valence-corrected chi connectivity index (χ3v) is 13.5. The van der Waals surface area contributed by atoms with Crippen molar-refractivity contribution >= 4 is 82.1 Å². The highest BCUT2D eigenvalue weighted by Crippen LogP contribution is 2.44. The van der Waals surface area contributed by atoms with Gasteiger partial charge in [-0.3, -0.25) is 0 Å². The molecule has 0 unspecified atom stereocenters. The normalized spacial score (nSPS) is 11.6. The molecule has 0 bridgehead atoms. The number of furan rings is 1. The molecule has 0 saturated carbocycles. The van der Waals surface area contributed by atoms with E-state index in [1.54, 1.807) is 0 Å². The molecule has 0 atom stereocenters. The van der Waals surface area contributed by atoms with Crippen molar-refractivity contribution in [1.29, 1.82) is 0 Å². The predicted molar refractivity (Wildman–Crippen MR) is 280 cm³/mol. The minimum absolute atomic E-state index is 0.896. The Morgan fingerprint density at radius 3 is 1.48 bits per heavy atom. The van der Waals surface area contributed by atoms with E-state index in [1.807, 2.05) is 12.1 Å². The van der Waals surface area contributed by atoms with E-state index < -0.39 is 0 Å². The monoisotopic (exact) mass is 839 g/mol. The first-order valence-corrected chi connectivity index (χ1v) is 22.7. The van der Waals surface area contributed by atoms with Crippen LogP contribution in [0.1, 0.15) is 0 Å². The number of anilines is 3. The van der Waals surface area contributed by atoms with Crippen LogP contribution in [0.15, 0.2) is 253 Å². The number of fused-ring (bicyclic) bond motifs is 9. The quantitative estimate of drug-likeness (QED) is 0.149. The molecule has 0 aliphatic heterocycles. The van der Waals surface area contributed by atoms with Gasteiger partial charge in [-0.15, -0.1) is 0 Å². The van der Waals surface area contributed by atoms with Crippen LogP contribution in [-0.2, 0) is 0 Å². The lowest BCUT2D eigenvalue weighted by molar-refractivity contribution is 0.669. The first kappa shape index (κ1) is 37.8. The second kappa shape index (κ2) is 15.5. The van der Waals surface area contributed by atoms with E-state index in [2.05, 4.69) is 241 Å². The molecule has 13 aromatic rings. The van der Waals surface area contributed by atoms with Gasteiger partial charge in [0.2, 0.25) is 0 Å². The Hall–Kier alpha value is -8.72. The fourth-order valence-electron chi connectivity index (χ4n) is 10.3. The van der Waals surface area contributed by atoms with Crippen LogP contribution in [0.5, 0.6) is 0 Å². The van der Waals surface area contributed by atoms with Crippen molar-refractivity contribution in [3.63, 3.8) is 0 Å². The van der Waals surface area contributed by atoms with Crippen LogP contribution in [0.3, 0.4) is 0 Å². The van der Waals surface area contributed by atoms with Gasteiger partial charge in [-0.2, -0.15) is 0 Å². The van der Waals surface area contributed by atoms with E-state index in [-0.39, 0.29) is 0 Å². The molecule has 308 valence electrons. The number of hydrogen-bond acceptors (Lipinski definition) is 2. The molecule has 0 fully saturated rings. The summed E-state index contributed by atoms with van der Waals surface area (Å²) in [6.45, 7) is 0. The van der Waals surface area contributed by atoms with Gasteiger partial charge in [0.25, 0.3) is 0 Å². The van der Waals surface area contributed by atoms with Crippen molar-refractivity contribution in [1.82, 2.24) is 0 Å². The average molecular weight is 840 g/mol. The maximum atomic E-state index is 6.29. The highest BCUT2D eigenvalue weighted by molar-refractivity contribution is 6.14. The zero-order chi connectivity index (χ0) is 43.6. The van der Waals surface area contributed by atoms with Gasteiger partial charge >= 0.3 is 0 Å². The standard InChI is InChI=1S/C64H41NO/c1-3-13-52-44(12-1)35-40-58-53(17-9-19-57(52)58)45-24-26-46(27-25-45)55-15-5-7-20-61(55)65(51-38-33-47(34-39-51)56-18-10-22-63-64(56)59-16-6-8-21-62(59)66-63)50-36-31-42(32-37-50)49-30-29-48-28-23-43-11-2-4-14-54(43)60(48)41-49/h1-41H. The zero-order valence-corrected chi connectivity index (χ0v) is 36.0. The van der Waals surface area contributed by atoms with E-state index in [9.17, 15) is 0 Å². The minimum Gasteiger partial charge on any atom is -0.456 e. The molecule has 2 nitrogen and oxygen atoms in total. The summed E-state index contributed by atoms with van der Waals surface area (Å²) in [6, 6.07) is 90.3. The molecule has 0 aliphatic rings. The fourth-order valence-corrected chi connectivity index (χ4v) is 10.3. The SMILES string of the molecule is c1ccc(N(c2ccc(-c3ccc4ccc5ccccc5c4c3)cc2)c2ccc(-c3cccc4oc5ccccc5c34)cc2)c(-c2ccc(-c3cccc4c3ccc3ccccc34)cc2)c1. The van der Waals surface area contributed by atoms with Gasteiger partial charge in [-0.25, -0.2) is 0 Å². The summed E-state index contributed by atoms with van der Waals surface area (Å²) >= 11 is 0. The number of rotatable bonds is 7. The molecule has 1 aromatic heterocycles. The van der Waals surface area contributed by atoms with Crippen LogP contribution >= 0.6 is 0 Å². The van der Waals surface area contributed by atoms with Crippen LogP contribution in [0.25, 0.3) is 110 Å². The van der Waals surface area contributed by atoms with Gasteiger partial charge in [0.1, 0.15) is 11.2 Å². The molecule has 1 heterocycles. The van der Waals surface area contributed by atoms with E-state index in [4.69, 9.17) is 4.42 Å². The lowest BCUT2D eigenvalue weighted by Gasteiger charge is -2.28. The Labute approximate surface area is 382 Å². The van der Waals surface area contributed by atoms with Crippen LogP contribution in [0.2, 0.25) is 0 Å². The highest BCUT2D eigenvalue weighted by Gasteiger charge is 2.19. The molecule has 2 heteroatoms. The molecule has 0 N–H and O–H groups in total. The van der Waals surface area contributed by atoms with Crippen molar-refractivity contribution in [2.45, 2.75) is 0 Å². The van der Waals surface area contributed by atoms with E-state index in [0.717, 1.165) is 61.3 Å². The Balaban J connectivity index is 0.917. The largest absolute Gasteiger partial charge is 0.456 e. The first-order valence-electron chi connectivity index (χ1n) is 22.7.